The van der Waals surface area contributed by atoms with Crippen LogP contribution in [0.15, 0.2) is 95.1 Å². The van der Waals surface area contributed by atoms with Crippen molar-refractivity contribution < 1.29 is 23.5 Å². The molecule has 7 nitrogen and oxygen atoms in total. The van der Waals surface area contributed by atoms with Crippen molar-refractivity contribution in [3.05, 3.63) is 108 Å². The summed E-state index contributed by atoms with van der Waals surface area (Å²) >= 11 is 0. The molecule has 3 aromatic carbocycles. The van der Waals surface area contributed by atoms with Crippen LogP contribution in [-0.2, 0) is 22.7 Å². The van der Waals surface area contributed by atoms with Gasteiger partial charge in [0.2, 0.25) is 0 Å². The predicted molar refractivity (Wildman–Crippen MR) is 125 cm³/mol. The lowest BCUT2D eigenvalue weighted by Gasteiger charge is -2.25. The van der Waals surface area contributed by atoms with Crippen molar-refractivity contribution in [3.8, 4) is 5.75 Å². The number of carbonyl (C=O) groups excluding carboxylic acids is 3. The van der Waals surface area contributed by atoms with Gasteiger partial charge in [-0.1, -0.05) is 54.6 Å². The SMILES string of the molecule is O=C1NC(=O)N(Cc2ccco2)C(=O)C1=Cc1ccccc1OCc1ccc2ccccc2c1. The van der Waals surface area contributed by atoms with E-state index < -0.39 is 17.8 Å². The van der Waals surface area contributed by atoms with Crippen LogP contribution in [0.4, 0.5) is 4.79 Å². The van der Waals surface area contributed by atoms with Gasteiger partial charge in [-0.3, -0.25) is 19.8 Å². The van der Waals surface area contributed by atoms with Gasteiger partial charge in [0, 0.05) is 5.56 Å². The Morgan fingerprint density at radius 1 is 0.882 bits per heavy atom. The molecular weight excluding hydrogens is 432 g/mol. The van der Waals surface area contributed by atoms with E-state index in [0.29, 0.717) is 23.7 Å². The standard InChI is InChI=1S/C27H20N2O5/c30-25-23(26(31)29(27(32)28-25)16-22-9-5-13-33-22)15-21-8-3-4-10-24(21)34-17-18-11-12-19-6-1-2-7-20(19)14-18/h1-15H,16-17H2,(H,28,30,32). The predicted octanol–water partition coefficient (Wildman–Crippen LogP) is 4.67. The number of imide groups is 2. The molecule has 1 aliphatic rings. The zero-order valence-electron chi connectivity index (χ0n) is 18.1. The number of benzene rings is 3. The minimum Gasteiger partial charge on any atom is -0.488 e. The Labute approximate surface area is 195 Å². The Morgan fingerprint density at radius 3 is 2.50 bits per heavy atom. The van der Waals surface area contributed by atoms with Crippen LogP contribution in [-0.4, -0.2) is 22.7 Å². The number of rotatable bonds is 6. The zero-order valence-corrected chi connectivity index (χ0v) is 18.1. The lowest BCUT2D eigenvalue weighted by atomic mass is 10.1. The van der Waals surface area contributed by atoms with Gasteiger partial charge in [-0.05, 0) is 46.7 Å². The van der Waals surface area contributed by atoms with Crippen LogP contribution in [0, 0.1) is 0 Å². The van der Waals surface area contributed by atoms with Gasteiger partial charge >= 0.3 is 6.03 Å². The minimum absolute atomic E-state index is 0.0810. The monoisotopic (exact) mass is 452 g/mol. The molecule has 168 valence electrons. The molecule has 0 atom stereocenters. The molecule has 0 spiro atoms. The molecule has 4 amide bonds. The van der Waals surface area contributed by atoms with Crippen molar-refractivity contribution in [1.29, 1.82) is 0 Å². The fraction of sp³-hybridized carbons (Fsp3) is 0.0741. The molecule has 1 aromatic heterocycles. The Bertz CT molecular complexity index is 1420. The van der Waals surface area contributed by atoms with Crippen molar-refractivity contribution in [2.45, 2.75) is 13.2 Å². The Morgan fingerprint density at radius 2 is 1.68 bits per heavy atom. The molecule has 4 aromatic rings. The summed E-state index contributed by atoms with van der Waals surface area (Å²) in [7, 11) is 0. The maximum atomic E-state index is 13.0. The molecule has 5 rings (SSSR count). The van der Waals surface area contributed by atoms with Crippen LogP contribution in [0.5, 0.6) is 5.75 Å². The van der Waals surface area contributed by atoms with E-state index in [9.17, 15) is 14.4 Å². The second-order valence-corrected chi connectivity index (χ2v) is 7.80. The largest absolute Gasteiger partial charge is 0.488 e. The molecule has 7 heteroatoms. The van der Waals surface area contributed by atoms with E-state index in [1.54, 1.807) is 30.3 Å². The zero-order chi connectivity index (χ0) is 23.5. The number of para-hydroxylation sites is 1. The molecule has 1 fully saturated rings. The number of nitrogens with zero attached hydrogens (tertiary/aromatic N) is 1. The molecule has 0 bridgehead atoms. The van der Waals surface area contributed by atoms with Gasteiger partial charge in [0.05, 0.1) is 12.8 Å². The van der Waals surface area contributed by atoms with Gasteiger partial charge in [-0.25, -0.2) is 4.79 Å². The summed E-state index contributed by atoms with van der Waals surface area (Å²) in [4.78, 5) is 38.6. The van der Waals surface area contributed by atoms with E-state index in [-0.39, 0.29) is 12.1 Å². The summed E-state index contributed by atoms with van der Waals surface area (Å²) in [6, 6.07) is 23.8. The van der Waals surface area contributed by atoms with Gasteiger partial charge in [0.15, 0.2) is 0 Å². The number of furan rings is 1. The summed E-state index contributed by atoms with van der Waals surface area (Å²) in [5.74, 6) is -0.515. The number of barbiturate groups is 1. The highest BCUT2D eigenvalue weighted by atomic mass is 16.5. The molecule has 1 saturated heterocycles. The first kappa shape index (κ1) is 21.2. The van der Waals surface area contributed by atoms with Gasteiger partial charge < -0.3 is 9.15 Å². The normalized spacial score (nSPS) is 15.1. The van der Waals surface area contributed by atoms with Crippen LogP contribution in [0.3, 0.4) is 0 Å². The van der Waals surface area contributed by atoms with Gasteiger partial charge in [-0.15, -0.1) is 0 Å². The Hall–Kier alpha value is -4.65. The summed E-state index contributed by atoms with van der Waals surface area (Å²) in [6.45, 7) is 0.233. The number of fused-ring (bicyclic) bond motifs is 1. The van der Waals surface area contributed by atoms with E-state index in [4.69, 9.17) is 9.15 Å². The van der Waals surface area contributed by atoms with Gasteiger partial charge in [-0.2, -0.15) is 0 Å². The first-order valence-electron chi connectivity index (χ1n) is 10.7. The highest BCUT2D eigenvalue weighted by Gasteiger charge is 2.36. The Kier molecular flexibility index (Phi) is 5.66. The van der Waals surface area contributed by atoms with Crippen molar-refractivity contribution in [2.75, 3.05) is 0 Å². The third-order valence-electron chi connectivity index (χ3n) is 5.51. The van der Waals surface area contributed by atoms with Crippen molar-refractivity contribution in [2.24, 2.45) is 0 Å². The first-order valence-corrected chi connectivity index (χ1v) is 10.7. The summed E-state index contributed by atoms with van der Waals surface area (Å²) < 4.78 is 11.3. The van der Waals surface area contributed by atoms with E-state index >= 15 is 0 Å². The van der Waals surface area contributed by atoms with Gasteiger partial charge in [0.25, 0.3) is 11.8 Å². The molecule has 0 aliphatic carbocycles. The van der Waals surface area contributed by atoms with Crippen LogP contribution < -0.4 is 10.1 Å². The first-order chi connectivity index (χ1) is 16.6. The van der Waals surface area contributed by atoms with Crippen LogP contribution >= 0.6 is 0 Å². The number of carbonyl (C=O) groups is 3. The van der Waals surface area contributed by atoms with E-state index in [2.05, 4.69) is 11.4 Å². The second kappa shape index (κ2) is 9.07. The summed E-state index contributed by atoms with van der Waals surface area (Å²) in [5, 5.41) is 4.47. The van der Waals surface area contributed by atoms with Crippen molar-refractivity contribution in [3.63, 3.8) is 0 Å². The minimum atomic E-state index is -0.788. The fourth-order valence-electron chi connectivity index (χ4n) is 3.77. The quantitative estimate of drug-likeness (QED) is 0.339. The summed E-state index contributed by atoms with van der Waals surface area (Å²) in [6.07, 6.45) is 2.89. The van der Waals surface area contributed by atoms with E-state index in [0.717, 1.165) is 21.2 Å². The lowest BCUT2D eigenvalue weighted by molar-refractivity contribution is -0.130. The molecule has 1 aliphatic heterocycles. The topological polar surface area (TPSA) is 88.9 Å². The average Bonchev–Trinajstić information content (AvgIpc) is 3.37. The number of nitrogens with one attached hydrogen (secondary N) is 1. The number of ether oxygens (including phenoxy) is 1. The average molecular weight is 452 g/mol. The van der Waals surface area contributed by atoms with E-state index in [1.165, 1.54) is 12.3 Å². The number of hydrogen-bond acceptors (Lipinski definition) is 5. The highest BCUT2D eigenvalue weighted by Crippen LogP contribution is 2.25. The number of amides is 4. The fourth-order valence-corrected chi connectivity index (χ4v) is 3.77. The summed E-state index contributed by atoms with van der Waals surface area (Å²) in [5.41, 5.74) is 1.38. The highest BCUT2D eigenvalue weighted by molar-refractivity contribution is 6.31. The lowest BCUT2D eigenvalue weighted by Crippen LogP contribution is -2.53. The molecule has 0 radical (unpaired) electrons. The van der Waals surface area contributed by atoms with Crippen LogP contribution in [0.1, 0.15) is 16.9 Å². The van der Waals surface area contributed by atoms with E-state index in [1.807, 2.05) is 42.5 Å². The second-order valence-electron chi connectivity index (χ2n) is 7.80. The maximum absolute atomic E-state index is 13.0. The third kappa shape index (κ3) is 4.31. The third-order valence-corrected chi connectivity index (χ3v) is 5.51. The van der Waals surface area contributed by atoms with Crippen molar-refractivity contribution >= 4 is 34.7 Å². The number of urea groups is 1. The van der Waals surface area contributed by atoms with Crippen LogP contribution in [0.2, 0.25) is 0 Å². The maximum Gasteiger partial charge on any atom is 0.331 e. The molecule has 2 heterocycles. The molecule has 34 heavy (non-hydrogen) atoms. The molecule has 0 unspecified atom stereocenters. The van der Waals surface area contributed by atoms with Crippen molar-refractivity contribution in [1.82, 2.24) is 10.2 Å². The van der Waals surface area contributed by atoms with Gasteiger partial charge in [0.1, 0.15) is 23.7 Å². The molecular formula is C27H20N2O5. The smallest absolute Gasteiger partial charge is 0.331 e. The Balaban J connectivity index is 1.39. The van der Waals surface area contributed by atoms with Crippen LogP contribution in [0.25, 0.3) is 16.8 Å². The number of hydrogen-bond donors (Lipinski definition) is 1. The molecule has 1 N–H and O–H groups in total. The molecule has 0 saturated carbocycles.